The lowest BCUT2D eigenvalue weighted by Crippen LogP contribution is -2.61. The van der Waals surface area contributed by atoms with Gasteiger partial charge in [-0.15, -0.1) is 0 Å². The molecule has 1 rings (SSSR count). The van der Waals surface area contributed by atoms with Crippen LogP contribution in [0.1, 0.15) is 245 Å². The standard InChI is InChI=1S/C60H107NO10/c1-4-7-10-13-16-19-22-25-27-30-33-36-39-42-45-48-55(65)71-58-57(67)56(66)54(49-62)70-60(58)69-50-51(52(63)46-43-40-37-34-31-28-24-21-18-15-12-9-6-3)61-59(68)53(64)47-44-41-38-35-32-29-26-23-20-17-14-11-8-5-2/h8,11,14,17,20,23,26,29,43,46,51-54,56-58,60,62-64,66-67H,4-7,9-10,12-13,15-16,18-19,21-22,24-25,27-28,30-42,44-45,47-50H2,1-3H3,(H,61,68)/b11-8+,17-14+,23-20+,29-26-,46-43+. The van der Waals surface area contributed by atoms with Crippen LogP contribution in [0.5, 0.6) is 0 Å². The molecule has 11 nitrogen and oxygen atoms in total. The van der Waals surface area contributed by atoms with Gasteiger partial charge in [-0.05, 0) is 44.9 Å². The number of carbonyl (C=O) groups excluding carboxylic acids is 2. The molecule has 1 aliphatic rings. The summed E-state index contributed by atoms with van der Waals surface area (Å²) >= 11 is 0. The minimum Gasteiger partial charge on any atom is -0.454 e. The molecule has 0 spiro atoms. The summed E-state index contributed by atoms with van der Waals surface area (Å²) in [5.74, 6) is -1.22. The number of aliphatic hydroxyl groups excluding tert-OH is 5. The van der Waals surface area contributed by atoms with Gasteiger partial charge >= 0.3 is 5.97 Å². The summed E-state index contributed by atoms with van der Waals surface area (Å²) in [6.07, 6.45) is 48.3. The minimum absolute atomic E-state index is 0.122. The molecule has 0 aromatic carbocycles. The molecule has 6 N–H and O–H groups in total. The van der Waals surface area contributed by atoms with Crippen LogP contribution in [0.15, 0.2) is 60.8 Å². The number of rotatable bonds is 48. The van der Waals surface area contributed by atoms with Gasteiger partial charge in [0.15, 0.2) is 12.4 Å². The Labute approximate surface area is 433 Å². The van der Waals surface area contributed by atoms with E-state index in [-0.39, 0.29) is 19.4 Å². The van der Waals surface area contributed by atoms with Crippen molar-refractivity contribution >= 4 is 11.9 Å². The van der Waals surface area contributed by atoms with Gasteiger partial charge in [-0.1, -0.05) is 255 Å². The van der Waals surface area contributed by atoms with Gasteiger partial charge in [0.1, 0.15) is 24.4 Å². The molecule has 412 valence electrons. The molecule has 0 aliphatic carbocycles. The van der Waals surface area contributed by atoms with Crippen LogP contribution in [-0.2, 0) is 23.8 Å². The van der Waals surface area contributed by atoms with E-state index in [2.05, 4.69) is 38.2 Å². The summed E-state index contributed by atoms with van der Waals surface area (Å²) in [5, 5.41) is 56.8. The molecule has 1 amide bonds. The topological polar surface area (TPSA) is 175 Å². The summed E-state index contributed by atoms with van der Waals surface area (Å²) in [5.41, 5.74) is 0. The fourth-order valence-corrected chi connectivity index (χ4v) is 8.90. The largest absolute Gasteiger partial charge is 0.454 e. The zero-order chi connectivity index (χ0) is 51.8. The van der Waals surface area contributed by atoms with Crippen molar-refractivity contribution in [2.45, 2.75) is 294 Å². The zero-order valence-electron chi connectivity index (χ0n) is 45.3. The quantitative estimate of drug-likeness (QED) is 0.0149. The second kappa shape index (κ2) is 48.3. The highest BCUT2D eigenvalue weighted by Gasteiger charge is 2.47. The third-order valence-corrected chi connectivity index (χ3v) is 13.5. The van der Waals surface area contributed by atoms with Gasteiger partial charge in [-0.2, -0.15) is 0 Å². The van der Waals surface area contributed by atoms with E-state index >= 15 is 0 Å². The fraction of sp³-hybridized carbons (Fsp3) is 0.800. The van der Waals surface area contributed by atoms with Gasteiger partial charge in [-0.3, -0.25) is 9.59 Å². The summed E-state index contributed by atoms with van der Waals surface area (Å²) in [6.45, 7) is 5.63. The number of allylic oxidation sites excluding steroid dienone is 9. The van der Waals surface area contributed by atoms with Crippen molar-refractivity contribution in [3.05, 3.63) is 60.8 Å². The Morgan fingerprint density at radius 1 is 0.563 bits per heavy atom. The molecule has 0 aromatic rings. The number of aliphatic hydroxyl groups is 5. The lowest BCUT2D eigenvalue weighted by molar-refractivity contribution is -0.305. The first-order valence-corrected chi connectivity index (χ1v) is 29.1. The van der Waals surface area contributed by atoms with E-state index in [1.165, 1.54) is 128 Å². The van der Waals surface area contributed by atoms with Crippen molar-refractivity contribution in [2.24, 2.45) is 0 Å². The number of ether oxygens (including phenoxy) is 3. The Morgan fingerprint density at radius 2 is 1.01 bits per heavy atom. The summed E-state index contributed by atoms with van der Waals surface area (Å²) in [4.78, 5) is 26.5. The monoisotopic (exact) mass is 1000 g/mol. The van der Waals surface area contributed by atoms with Crippen LogP contribution < -0.4 is 5.32 Å². The highest BCUT2D eigenvalue weighted by atomic mass is 16.7. The normalized spacial score (nSPS) is 20.0. The SMILES string of the molecule is CC/C=C/C=C/C=C/C=C\CCCCCCC(O)C(=O)NC(COC1OC(CO)C(O)C(O)C1OC(=O)CCCCCCCCCCCCCCCCC)C(O)/C=C/CCCCCCCCCCCCC. The van der Waals surface area contributed by atoms with Gasteiger partial charge in [0.05, 0.1) is 25.4 Å². The number of hydrogen-bond donors (Lipinski definition) is 6. The molecule has 1 saturated heterocycles. The lowest BCUT2D eigenvalue weighted by Gasteiger charge is -2.41. The van der Waals surface area contributed by atoms with Crippen LogP contribution in [0, 0.1) is 0 Å². The van der Waals surface area contributed by atoms with Crippen LogP contribution in [0.4, 0.5) is 0 Å². The van der Waals surface area contributed by atoms with Crippen LogP contribution in [-0.4, -0.2) is 99.6 Å². The van der Waals surface area contributed by atoms with E-state index in [4.69, 9.17) is 14.2 Å². The van der Waals surface area contributed by atoms with Crippen molar-refractivity contribution in [1.82, 2.24) is 5.32 Å². The number of hydrogen-bond acceptors (Lipinski definition) is 10. The number of nitrogens with one attached hydrogen (secondary N) is 1. The van der Waals surface area contributed by atoms with Crippen LogP contribution in [0.3, 0.4) is 0 Å². The average Bonchev–Trinajstić information content (AvgIpc) is 3.37. The third-order valence-electron chi connectivity index (χ3n) is 13.5. The first-order chi connectivity index (χ1) is 34.7. The average molecular weight is 1000 g/mol. The van der Waals surface area contributed by atoms with Gasteiger partial charge in [-0.25, -0.2) is 0 Å². The number of esters is 1. The number of unbranched alkanes of at least 4 members (excludes halogenated alkanes) is 29. The van der Waals surface area contributed by atoms with Gasteiger partial charge in [0.2, 0.25) is 5.91 Å². The maximum Gasteiger partial charge on any atom is 0.306 e. The Hall–Kier alpha value is -2.64. The van der Waals surface area contributed by atoms with E-state index in [0.29, 0.717) is 12.8 Å². The van der Waals surface area contributed by atoms with Gasteiger partial charge in [0, 0.05) is 6.42 Å². The molecule has 11 heteroatoms. The maximum absolute atomic E-state index is 13.4. The van der Waals surface area contributed by atoms with Gasteiger partial charge in [0.25, 0.3) is 0 Å². The van der Waals surface area contributed by atoms with Crippen LogP contribution in [0.2, 0.25) is 0 Å². The number of amides is 1. The molecular formula is C60H107NO10. The van der Waals surface area contributed by atoms with Crippen LogP contribution >= 0.6 is 0 Å². The second-order valence-electron chi connectivity index (χ2n) is 20.1. The molecule has 0 saturated carbocycles. The molecule has 0 bridgehead atoms. The molecule has 1 fully saturated rings. The fourth-order valence-electron chi connectivity index (χ4n) is 8.90. The highest BCUT2D eigenvalue weighted by molar-refractivity contribution is 5.80. The third kappa shape index (κ3) is 36.9. The van der Waals surface area contributed by atoms with E-state index in [1.54, 1.807) is 6.08 Å². The molecule has 1 heterocycles. The number of carbonyl (C=O) groups is 2. The minimum atomic E-state index is -1.62. The summed E-state index contributed by atoms with van der Waals surface area (Å²) in [7, 11) is 0. The van der Waals surface area contributed by atoms with Crippen molar-refractivity contribution in [2.75, 3.05) is 13.2 Å². The molecule has 0 aromatic heterocycles. The second-order valence-corrected chi connectivity index (χ2v) is 20.1. The van der Waals surface area contributed by atoms with E-state index in [1.807, 2.05) is 42.5 Å². The van der Waals surface area contributed by atoms with E-state index in [0.717, 1.165) is 70.6 Å². The van der Waals surface area contributed by atoms with Gasteiger partial charge < -0.3 is 45.1 Å². The smallest absolute Gasteiger partial charge is 0.306 e. The zero-order valence-corrected chi connectivity index (χ0v) is 45.3. The first-order valence-electron chi connectivity index (χ1n) is 29.1. The summed E-state index contributed by atoms with van der Waals surface area (Å²) in [6, 6.07) is -1.04. The highest BCUT2D eigenvalue weighted by Crippen LogP contribution is 2.26. The Kier molecular flexibility index (Phi) is 45.2. The Morgan fingerprint density at radius 3 is 1.52 bits per heavy atom. The van der Waals surface area contributed by atoms with Crippen LogP contribution in [0.25, 0.3) is 0 Å². The molecule has 1 aliphatic heterocycles. The molecule has 71 heavy (non-hydrogen) atoms. The summed E-state index contributed by atoms with van der Waals surface area (Å²) < 4.78 is 17.6. The van der Waals surface area contributed by atoms with Crippen molar-refractivity contribution in [1.29, 1.82) is 0 Å². The van der Waals surface area contributed by atoms with E-state index < -0.39 is 67.4 Å². The molecular weight excluding hydrogens is 895 g/mol. The van der Waals surface area contributed by atoms with Crippen molar-refractivity contribution in [3.63, 3.8) is 0 Å². The first kappa shape index (κ1) is 66.4. The maximum atomic E-state index is 13.4. The molecule has 8 atom stereocenters. The Bertz CT molecular complexity index is 1380. The van der Waals surface area contributed by atoms with Crippen molar-refractivity contribution < 1.29 is 49.3 Å². The van der Waals surface area contributed by atoms with Crippen molar-refractivity contribution in [3.8, 4) is 0 Å². The Balaban J connectivity index is 2.75. The predicted molar refractivity (Wildman–Crippen MR) is 292 cm³/mol. The van der Waals surface area contributed by atoms with E-state index in [9.17, 15) is 35.1 Å². The lowest BCUT2D eigenvalue weighted by atomic mass is 9.99. The molecule has 0 radical (unpaired) electrons. The molecule has 8 unspecified atom stereocenters. The predicted octanol–water partition coefficient (Wildman–Crippen LogP) is 13.1.